The van der Waals surface area contributed by atoms with Crippen molar-refractivity contribution >= 4 is 33.4 Å². The van der Waals surface area contributed by atoms with Gasteiger partial charge in [-0.1, -0.05) is 41.9 Å². The van der Waals surface area contributed by atoms with Crippen LogP contribution >= 0.6 is 15.9 Å². The van der Waals surface area contributed by atoms with Crippen molar-refractivity contribution in [3.8, 4) is 0 Å². The van der Waals surface area contributed by atoms with Crippen LogP contribution in [0.5, 0.6) is 0 Å². The third-order valence-corrected chi connectivity index (χ3v) is 6.70. The van der Waals surface area contributed by atoms with Crippen molar-refractivity contribution in [2.75, 3.05) is 18.4 Å². The first kappa shape index (κ1) is 21.2. The van der Waals surface area contributed by atoms with Gasteiger partial charge in [0.05, 0.1) is 10.7 Å². The van der Waals surface area contributed by atoms with E-state index >= 15 is 0 Å². The molecule has 0 spiro atoms. The normalized spacial score (nSPS) is 28.4. The number of anilines is 1. The van der Waals surface area contributed by atoms with Crippen LogP contribution in [-0.2, 0) is 16.1 Å². The van der Waals surface area contributed by atoms with Gasteiger partial charge in [0.15, 0.2) is 0 Å². The first-order valence-electron chi connectivity index (χ1n) is 9.91. The Morgan fingerprint density at radius 1 is 1.29 bits per heavy atom. The molecule has 0 saturated carbocycles. The molecule has 154 valence electrons. The number of carbonyl (C=O) groups excluding carboxylic acids is 2. The van der Waals surface area contributed by atoms with Crippen LogP contribution in [0.3, 0.4) is 0 Å². The van der Waals surface area contributed by atoms with Gasteiger partial charge in [0.25, 0.3) is 0 Å². The molecular weight excluding hydrogens is 422 g/mol. The predicted octanol–water partition coefficient (Wildman–Crippen LogP) is 1.59. The van der Waals surface area contributed by atoms with E-state index in [0.29, 0.717) is 5.92 Å². The smallest absolute Gasteiger partial charge is 0.244 e. The summed E-state index contributed by atoms with van der Waals surface area (Å²) in [6.07, 6.45) is 1.88. The summed E-state index contributed by atoms with van der Waals surface area (Å²) in [7, 11) is 0. The summed E-state index contributed by atoms with van der Waals surface area (Å²) in [5.74, 6) is 0.0952. The highest BCUT2D eigenvalue weighted by molar-refractivity contribution is 9.09. The molecule has 4 atom stereocenters. The number of hydrazine groups is 1. The minimum absolute atomic E-state index is 0.0316. The number of benzene rings is 1. The molecule has 1 aromatic rings. The van der Waals surface area contributed by atoms with Gasteiger partial charge in [0.1, 0.15) is 6.04 Å². The van der Waals surface area contributed by atoms with Crippen molar-refractivity contribution in [1.82, 2.24) is 15.8 Å². The molecule has 2 amide bonds. The number of hydrogen-bond acceptors (Lipinski definition) is 5. The van der Waals surface area contributed by atoms with E-state index in [1.165, 1.54) is 0 Å². The van der Waals surface area contributed by atoms with Gasteiger partial charge in [-0.05, 0) is 43.0 Å². The van der Waals surface area contributed by atoms with Crippen LogP contribution in [0.25, 0.3) is 0 Å². The quantitative estimate of drug-likeness (QED) is 0.492. The van der Waals surface area contributed by atoms with E-state index in [0.717, 1.165) is 43.7 Å². The lowest BCUT2D eigenvalue weighted by Crippen LogP contribution is -2.42. The van der Waals surface area contributed by atoms with E-state index in [1.807, 2.05) is 24.3 Å². The van der Waals surface area contributed by atoms with Crippen molar-refractivity contribution in [2.24, 2.45) is 17.6 Å². The average molecular weight is 452 g/mol. The second-order valence-corrected chi connectivity index (χ2v) is 9.20. The molecule has 0 aliphatic carbocycles. The van der Waals surface area contributed by atoms with Crippen molar-refractivity contribution in [3.63, 3.8) is 0 Å². The minimum atomic E-state index is -0.328. The fraction of sp³-hybridized carbons (Fsp3) is 0.600. The zero-order valence-electron chi connectivity index (χ0n) is 16.5. The molecule has 2 aliphatic rings. The van der Waals surface area contributed by atoms with Gasteiger partial charge >= 0.3 is 0 Å². The number of carbonyl (C=O) groups is 2. The number of halogens is 1. The highest BCUT2D eigenvalue weighted by Gasteiger charge is 2.39. The Hall–Kier alpha value is -1.48. The molecule has 0 radical (unpaired) electrons. The van der Waals surface area contributed by atoms with Crippen molar-refractivity contribution in [1.29, 1.82) is 0 Å². The van der Waals surface area contributed by atoms with Gasteiger partial charge in [-0.25, -0.2) is 5.43 Å². The molecule has 28 heavy (non-hydrogen) atoms. The molecule has 8 heteroatoms. The molecule has 2 aliphatic heterocycles. The van der Waals surface area contributed by atoms with Gasteiger partial charge in [-0.3, -0.25) is 19.9 Å². The lowest BCUT2D eigenvalue weighted by Gasteiger charge is -2.31. The van der Waals surface area contributed by atoms with Crippen LogP contribution in [0.2, 0.25) is 0 Å². The Balaban J connectivity index is 1.53. The Bertz CT molecular complexity index is 696. The van der Waals surface area contributed by atoms with E-state index in [2.05, 4.69) is 50.8 Å². The van der Waals surface area contributed by atoms with E-state index < -0.39 is 0 Å². The molecule has 5 N–H and O–H groups in total. The molecule has 2 saturated heterocycles. The maximum Gasteiger partial charge on any atom is 0.244 e. The summed E-state index contributed by atoms with van der Waals surface area (Å²) in [5.41, 5.74) is 13.7. The van der Waals surface area contributed by atoms with Gasteiger partial charge in [0.2, 0.25) is 11.8 Å². The molecule has 4 unspecified atom stereocenters. The van der Waals surface area contributed by atoms with E-state index in [4.69, 9.17) is 5.73 Å². The van der Waals surface area contributed by atoms with Crippen LogP contribution < -0.4 is 21.9 Å². The molecule has 3 rings (SSSR count). The lowest BCUT2D eigenvalue weighted by atomic mass is 9.97. The van der Waals surface area contributed by atoms with Gasteiger partial charge in [-0.2, -0.15) is 0 Å². The third kappa shape index (κ3) is 5.11. The molecule has 2 fully saturated rings. The summed E-state index contributed by atoms with van der Waals surface area (Å²) >= 11 is 3.64. The molecular formula is C20H30BrN5O2. The molecule has 0 aromatic heterocycles. The topological polar surface area (TPSA) is 99.5 Å². The highest BCUT2D eigenvalue weighted by Crippen LogP contribution is 2.23. The number of piperidine rings is 1. The number of hydrogen-bond donors (Lipinski definition) is 4. The first-order valence-corrected chi connectivity index (χ1v) is 10.8. The number of alkyl halides is 1. The zero-order chi connectivity index (χ0) is 20.3. The monoisotopic (exact) mass is 451 g/mol. The lowest BCUT2D eigenvalue weighted by molar-refractivity contribution is -0.123. The zero-order valence-corrected chi connectivity index (χ0v) is 18.0. The first-order chi connectivity index (χ1) is 13.3. The van der Waals surface area contributed by atoms with E-state index in [1.54, 1.807) is 0 Å². The number of primary amides is 1. The van der Waals surface area contributed by atoms with E-state index in [-0.39, 0.29) is 34.6 Å². The maximum absolute atomic E-state index is 12.6. The highest BCUT2D eigenvalue weighted by atomic mass is 79.9. The van der Waals surface area contributed by atoms with Crippen LogP contribution in [0.4, 0.5) is 5.69 Å². The van der Waals surface area contributed by atoms with Crippen molar-refractivity contribution in [2.45, 2.75) is 50.1 Å². The maximum atomic E-state index is 12.6. The SMILES string of the molecule is CC(C)C1NNC(C(=O)Nc2ccc(CN3CCCC(C(N)=O)C3)cc2)C1Br. The number of nitrogens with two attached hydrogens (primary N) is 1. The van der Waals surface area contributed by atoms with Crippen LogP contribution in [0.15, 0.2) is 24.3 Å². The molecule has 1 aromatic carbocycles. The van der Waals surface area contributed by atoms with Gasteiger partial charge in [0, 0.05) is 24.8 Å². The molecule has 2 heterocycles. The second kappa shape index (κ2) is 9.35. The van der Waals surface area contributed by atoms with Gasteiger partial charge < -0.3 is 11.1 Å². The standard InChI is InChI=1S/C20H30BrN5O2/c1-12(2)17-16(21)18(25-24-17)20(28)23-15-7-5-13(6-8-15)10-26-9-3-4-14(11-26)19(22)27/h5-8,12,14,16-18,24-25H,3-4,9-11H2,1-2H3,(H2,22,27)(H,23,28). The summed E-state index contributed by atoms with van der Waals surface area (Å²) in [6, 6.07) is 7.76. The van der Waals surface area contributed by atoms with Crippen molar-refractivity contribution < 1.29 is 9.59 Å². The number of nitrogens with zero attached hydrogens (tertiary/aromatic N) is 1. The Morgan fingerprint density at radius 2 is 2.00 bits per heavy atom. The Kier molecular flexibility index (Phi) is 7.09. The molecule has 7 nitrogen and oxygen atoms in total. The fourth-order valence-electron chi connectivity index (χ4n) is 3.90. The average Bonchev–Trinajstić information content (AvgIpc) is 3.05. The largest absolute Gasteiger partial charge is 0.369 e. The summed E-state index contributed by atoms with van der Waals surface area (Å²) in [4.78, 5) is 26.3. The third-order valence-electron chi connectivity index (χ3n) is 5.60. The van der Waals surface area contributed by atoms with E-state index in [9.17, 15) is 9.59 Å². The summed E-state index contributed by atoms with van der Waals surface area (Å²) in [6.45, 7) is 6.73. The minimum Gasteiger partial charge on any atom is -0.369 e. The fourth-order valence-corrected chi connectivity index (χ4v) is 5.02. The Morgan fingerprint density at radius 3 is 2.61 bits per heavy atom. The van der Waals surface area contributed by atoms with Crippen molar-refractivity contribution in [3.05, 3.63) is 29.8 Å². The number of nitrogens with one attached hydrogen (secondary N) is 3. The second-order valence-electron chi connectivity index (χ2n) is 8.14. The van der Waals surface area contributed by atoms with Crippen LogP contribution in [0, 0.1) is 11.8 Å². The van der Waals surface area contributed by atoms with Crippen LogP contribution in [-0.4, -0.2) is 46.7 Å². The number of rotatable bonds is 6. The van der Waals surface area contributed by atoms with Crippen LogP contribution in [0.1, 0.15) is 32.3 Å². The van der Waals surface area contributed by atoms with Gasteiger partial charge in [-0.15, -0.1) is 0 Å². The summed E-state index contributed by atoms with van der Waals surface area (Å²) in [5, 5.41) is 2.98. The Labute approximate surface area is 174 Å². The molecule has 0 bridgehead atoms. The predicted molar refractivity (Wildman–Crippen MR) is 114 cm³/mol. The number of amides is 2. The summed E-state index contributed by atoms with van der Waals surface area (Å²) < 4.78 is 0. The number of likely N-dealkylation sites (tertiary alicyclic amines) is 1.